The molecule has 2 atom stereocenters. The first-order valence-electron chi connectivity index (χ1n) is 6.82. The molecule has 2 aromatic rings. The van der Waals surface area contributed by atoms with Gasteiger partial charge in [-0.25, -0.2) is 0 Å². The van der Waals surface area contributed by atoms with Gasteiger partial charge >= 0.3 is 5.82 Å². The molecule has 2 aliphatic heterocycles. The average molecular weight is 293 g/mol. The largest absolute Gasteiger partial charge is 0.373 e. The zero-order valence-corrected chi connectivity index (χ0v) is 11.7. The Labute approximate surface area is 119 Å². The number of piperidine rings is 1. The van der Waals surface area contributed by atoms with Gasteiger partial charge in [-0.05, 0) is 30.2 Å². The number of imidazole rings is 1. The molecule has 2 saturated heterocycles. The molecule has 0 saturated carbocycles. The maximum atomic E-state index is 11.4. The van der Waals surface area contributed by atoms with Crippen LogP contribution in [0.15, 0.2) is 11.6 Å². The molecule has 0 spiro atoms. The Balaban J connectivity index is 1.73. The van der Waals surface area contributed by atoms with Gasteiger partial charge in [-0.3, -0.25) is 0 Å². The standard InChI is InChI=1S/C12H15N5O2S/c18-17(19)11-10(14-12-16(11)4-5-20-12)15-6-8-2-1-3-13-9(8)7-15/h4-5,8-9,13H,1-3,6-7H2/t8-,9+/m0/s1. The Morgan fingerprint density at radius 3 is 3.20 bits per heavy atom. The van der Waals surface area contributed by atoms with Gasteiger partial charge < -0.3 is 20.3 Å². The molecule has 8 heteroatoms. The Hall–Kier alpha value is -1.67. The van der Waals surface area contributed by atoms with Crippen LogP contribution in [0.4, 0.5) is 11.6 Å². The summed E-state index contributed by atoms with van der Waals surface area (Å²) in [6.07, 6.45) is 4.11. The first kappa shape index (κ1) is 12.1. The number of aromatic nitrogens is 2. The fourth-order valence-corrected chi connectivity index (χ4v) is 4.07. The van der Waals surface area contributed by atoms with Crippen LogP contribution in [0, 0.1) is 16.0 Å². The predicted octanol–water partition coefficient (Wildman–Crippen LogP) is 1.49. The minimum Gasteiger partial charge on any atom is -0.358 e. The van der Waals surface area contributed by atoms with E-state index in [0.29, 0.717) is 22.7 Å². The summed E-state index contributed by atoms with van der Waals surface area (Å²) in [6, 6.07) is 0.447. The summed E-state index contributed by atoms with van der Waals surface area (Å²) in [6.45, 7) is 2.73. The lowest BCUT2D eigenvalue weighted by molar-refractivity contribution is -0.389. The molecule has 1 N–H and O–H groups in total. The number of fused-ring (bicyclic) bond motifs is 2. The second-order valence-electron chi connectivity index (χ2n) is 5.44. The normalized spacial score (nSPS) is 26.1. The van der Waals surface area contributed by atoms with E-state index in [1.165, 1.54) is 24.2 Å². The van der Waals surface area contributed by atoms with Crippen LogP contribution in [0.3, 0.4) is 0 Å². The first-order chi connectivity index (χ1) is 9.74. The van der Waals surface area contributed by atoms with Crippen molar-refractivity contribution in [1.29, 1.82) is 0 Å². The van der Waals surface area contributed by atoms with Crippen LogP contribution >= 0.6 is 11.3 Å². The van der Waals surface area contributed by atoms with E-state index in [-0.39, 0.29) is 10.7 Å². The third kappa shape index (κ3) is 1.71. The number of nitrogens with one attached hydrogen (secondary N) is 1. The maximum absolute atomic E-state index is 11.4. The molecular formula is C12H15N5O2S. The second kappa shape index (κ2) is 4.42. The van der Waals surface area contributed by atoms with Crippen LogP contribution in [-0.2, 0) is 0 Å². The molecule has 0 unspecified atom stereocenters. The summed E-state index contributed by atoms with van der Waals surface area (Å²) in [7, 11) is 0. The van der Waals surface area contributed by atoms with E-state index in [4.69, 9.17) is 0 Å². The van der Waals surface area contributed by atoms with Gasteiger partial charge in [0.2, 0.25) is 5.82 Å². The average Bonchev–Trinajstić information content (AvgIpc) is 3.10. The summed E-state index contributed by atoms with van der Waals surface area (Å²) < 4.78 is 1.58. The minimum absolute atomic E-state index is 0.0971. The molecule has 0 amide bonds. The van der Waals surface area contributed by atoms with Crippen LogP contribution < -0.4 is 10.2 Å². The van der Waals surface area contributed by atoms with Crippen molar-refractivity contribution in [2.45, 2.75) is 18.9 Å². The number of nitrogens with zero attached hydrogens (tertiary/aromatic N) is 4. The number of hydrogen-bond acceptors (Lipinski definition) is 6. The monoisotopic (exact) mass is 293 g/mol. The topological polar surface area (TPSA) is 75.7 Å². The Kier molecular flexibility index (Phi) is 2.67. The van der Waals surface area contributed by atoms with E-state index < -0.39 is 0 Å². The molecule has 4 rings (SSSR count). The van der Waals surface area contributed by atoms with Crippen molar-refractivity contribution in [2.24, 2.45) is 5.92 Å². The van der Waals surface area contributed by atoms with Crippen molar-refractivity contribution in [3.63, 3.8) is 0 Å². The number of rotatable bonds is 2. The molecule has 0 aromatic carbocycles. The molecule has 0 aliphatic carbocycles. The maximum Gasteiger partial charge on any atom is 0.373 e. The molecule has 20 heavy (non-hydrogen) atoms. The number of nitro groups is 1. The van der Waals surface area contributed by atoms with Gasteiger partial charge in [-0.1, -0.05) is 11.3 Å². The molecule has 2 aromatic heterocycles. The molecule has 4 heterocycles. The van der Waals surface area contributed by atoms with Gasteiger partial charge in [-0.2, -0.15) is 9.38 Å². The summed E-state index contributed by atoms with van der Waals surface area (Å²) in [5, 5.41) is 16.7. The van der Waals surface area contributed by atoms with Crippen LogP contribution in [0.1, 0.15) is 12.8 Å². The lowest BCUT2D eigenvalue weighted by atomic mass is 9.94. The Morgan fingerprint density at radius 2 is 2.40 bits per heavy atom. The molecular weight excluding hydrogens is 278 g/mol. The third-order valence-corrected chi connectivity index (χ3v) is 5.05. The van der Waals surface area contributed by atoms with Gasteiger partial charge in [0.1, 0.15) is 6.20 Å². The van der Waals surface area contributed by atoms with Crippen LogP contribution in [0.5, 0.6) is 0 Å². The fraction of sp³-hybridized carbons (Fsp3) is 0.583. The van der Waals surface area contributed by atoms with Crippen molar-refractivity contribution >= 4 is 27.9 Å². The highest BCUT2D eigenvalue weighted by Crippen LogP contribution is 2.35. The number of anilines is 1. The first-order valence-corrected chi connectivity index (χ1v) is 7.70. The summed E-state index contributed by atoms with van der Waals surface area (Å²) in [4.78, 5) is 18.3. The van der Waals surface area contributed by atoms with Crippen LogP contribution in [-0.4, -0.2) is 40.0 Å². The summed E-state index contributed by atoms with van der Waals surface area (Å²) in [5.41, 5.74) is 0. The minimum atomic E-state index is -0.322. The van der Waals surface area contributed by atoms with Gasteiger partial charge in [0.05, 0.1) is 0 Å². The van der Waals surface area contributed by atoms with Crippen LogP contribution in [0.2, 0.25) is 0 Å². The van der Waals surface area contributed by atoms with E-state index in [9.17, 15) is 10.1 Å². The zero-order chi connectivity index (χ0) is 13.7. The molecule has 2 aliphatic rings. The highest BCUT2D eigenvalue weighted by Gasteiger charge is 2.38. The lowest BCUT2D eigenvalue weighted by Gasteiger charge is -2.24. The third-order valence-electron chi connectivity index (χ3n) is 4.29. The molecule has 7 nitrogen and oxygen atoms in total. The predicted molar refractivity (Wildman–Crippen MR) is 76.5 cm³/mol. The Morgan fingerprint density at radius 1 is 1.50 bits per heavy atom. The van der Waals surface area contributed by atoms with E-state index in [0.717, 1.165) is 19.6 Å². The summed E-state index contributed by atoms with van der Waals surface area (Å²) >= 11 is 1.43. The second-order valence-corrected chi connectivity index (χ2v) is 6.31. The number of hydrogen-bond donors (Lipinski definition) is 1. The van der Waals surface area contributed by atoms with Crippen molar-refractivity contribution in [2.75, 3.05) is 24.5 Å². The summed E-state index contributed by atoms with van der Waals surface area (Å²) in [5.74, 6) is 1.21. The molecule has 0 bridgehead atoms. The zero-order valence-electron chi connectivity index (χ0n) is 10.9. The SMILES string of the molecule is O=[N+]([O-])c1c(N2C[C@@H]3CCCN[C@@H]3C2)nc2sccn12. The van der Waals surface area contributed by atoms with Gasteiger partial charge in [0, 0.05) is 24.5 Å². The van der Waals surface area contributed by atoms with E-state index in [1.54, 1.807) is 10.6 Å². The smallest absolute Gasteiger partial charge is 0.358 e. The van der Waals surface area contributed by atoms with Crippen molar-refractivity contribution in [3.8, 4) is 0 Å². The fourth-order valence-electron chi connectivity index (χ4n) is 3.36. The lowest BCUT2D eigenvalue weighted by Crippen LogP contribution is -2.40. The van der Waals surface area contributed by atoms with Gasteiger partial charge in [0.15, 0.2) is 0 Å². The quantitative estimate of drug-likeness (QED) is 0.670. The van der Waals surface area contributed by atoms with E-state index >= 15 is 0 Å². The van der Waals surface area contributed by atoms with Crippen molar-refractivity contribution in [1.82, 2.24) is 14.7 Å². The van der Waals surface area contributed by atoms with Gasteiger partial charge in [0.25, 0.3) is 4.96 Å². The van der Waals surface area contributed by atoms with E-state index in [1.807, 2.05) is 5.38 Å². The van der Waals surface area contributed by atoms with Crippen LogP contribution in [0.25, 0.3) is 4.96 Å². The highest BCUT2D eigenvalue weighted by atomic mass is 32.1. The van der Waals surface area contributed by atoms with Gasteiger partial charge in [-0.15, -0.1) is 0 Å². The number of thiazole rings is 1. The Bertz CT molecular complexity index is 652. The van der Waals surface area contributed by atoms with Crippen molar-refractivity contribution < 1.29 is 4.92 Å². The molecule has 106 valence electrons. The molecule has 0 radical (unpaired) electrons. The molecule has 2 fully saturated rings. The highest BCUT2D eigenvalue weighted by molar-refractivity contribution is 7.15. The van der Waals surface area contributed by atoms with E-state index in [2.05, 4.69) is 15.2 Å². The van der Waals surface area contributed by atoms with Crippen molar-refractivity contribution in [3.05, 3.63) is 21.7 Å².